The Balaban J connectivity index is 0.000000206. The van der Waals surface area contributed by atoms with Crippen LogP contribution < -0.4 is 0 Å². The van der Waals surface area contributed by atoms with Crippen LogP contribution in [0.3, 0.4) is 0 Å². The van der Waals surface area contributed by atoms with Crippen LogP contribution in [0.4, 0.5) is 0 Å². The van der Waals surface area contributed by atoms with Gasteiger partial charge in [-0.15, -0.1) is 0 Å². The first kappa shape index (κ1) is 11.5. The molecular formula is C8H6O4S. The van der Waals surface area contributed by atoms with E-state index in [2.05, 4.69) is 31.5 Å². The van der Waals surface area contributed by atoms with Gasteiger partial charge in [0, 0.05) is 25.0 Å². The van der Waals surface area contributed by atoms with Gasteiger partial charge >= 0.3 is 13.5 Å². The van der Waals surface area contributed by atoms with E-state index in [4.69, 9.17) is 0 Å². The Morgan fingerprint density at radius 1 is 0.692 bits per heavy atom. The summed E-state index contributed by atoms with van der Waals surface area (Å²) in [5, 5.41) is 0. The number of rotatable bonds is 0. The number of ether oxygens (including phenoxy) is 4. The van der Waals surface area contributed by atoms with E-state index in [1.165, 1.54) is 37.6 Å². The van der Waals surface area contributed by atoms with Gasteiger partial charge in [-0.05, 0) is 25.0 Å². The highest BCUT2D eigenvalue weighted by atomic mass is 32.1. The summed E-state index contributed by atoms with van der Waals surface area (Å²) in [5.41, 5.74) is 0. The lowest BCUT2D eigenvalue weighted by Gasteiger charge is -2.06. The van der Waals surface area contributed by atoms with Crippen molar-refractivity contribution in [3.05, 3.63) is 50.1 Å². The molecule has 0 saturated carbocycles. The number of hydrogen-bond donors (Lipinski definition) is 0. The van der Waals surface area contributed by atoms with E-state index < -0.39 is 0 Å². The summed E-state index contributed by atoms with van der Waals surface area (Å²) in [6.45, 7) is 0. The zero-order valence-electron chi connectivity index (χ0n) is 6.51. The van der Waals surface area contributed by atoms with Crippen molar-refractivity contribution in [1.82, 2.24) is 0 Å². The minimum Gasteiger partial charge on any atom is -0.641 e. The lowest BCUT2D eigenvalue weighted by Crippen LogP contribution is -1.76. The molecule has 0 N–H and O–H groups in total. The van der Waals surface area contributed by atoms with E-state index in [0.717, 1.165) is 0 Å². The lowest BCUT2D eigenvalue weighted by atomic mass is 10.9. The van der Waals surface area contributed by atoms with Crippen LogP contribution in [0.15, 0.2) is 37.6 Å². The van der Waals surface area contributed by atoms with Gasteiger partial charge in [0.05, 0.1) is 0 Å². The van der Waals surface area contributed by atoms with Crippen LogP contribution >= 0.6 is 0 Å². The quantitative estimate of drug-likeness (QED) is 0.553. The SMILES string of the molecule is [C-]1=COC=CO1.[C-]1=COC=CO1.[S+2]. The lowest BCUT2D eigenvalue weighted by molar-refractivity contribution is 0.272. The highest BCUT2D eigenvalue weighted by Crippen LogP contribution is 1.88. The Morgan fingerprint density at radius 2 is 1.15 bits per heavy atom. The molecule has 2 aliphatic rings. The van der Waals surface area contributed by atoms with Crippen LogP contribution in [-0.4, -0.2) is 0 Å². The average Bonchev–Trinajstić information content (AvgIpc) is 2.24. The molecule has 0 atom stereocenters. The zero-order valence-corrected chi connectivity index (χ0v) is 7.32. The Bertz CT molecular complexity index is 156. The van der Waals surface area contributed by atoms with Gasteiger partial charge in [-0.2, -0.15) is 0 Å². The third-order valence-electron chi connectivity index (χ3n) is 0.773. The molecule has 0 aromatic rings. The summed E-state index contributed by atoms with van der Waals surface area (Å²) in [6, 6.07) is 0. The smallest absolute Gasteiger partial charge is 0.641 e. The van der Waals surface area contributed by atoms with Gasteiger partial charge in [-0.1, -0.05) is 0 Å². The first-order chi connectivity index (χ1) is 6.00. The van der Waals surface area contributed by atoms with Crippen molar-refractivity contribution in [2.24, 2.45) is 0 Å². The summed E-state index contributed by atoms with van der Waals surface area (Å²) >= 11 is 0. The minimum atomic E-state index is 0. The van der Waals surface area contributed by atoms with Gasteiger partial charge in [0.15, 0.2) is 0 Å². The first-order valence-electron chi connectivity index (χ1n) is 3.07. The third kappa shape index (κ3) is 6.89. The van der Waals surface area contributed by atoms with Gasteiger partial charge < -0.3 is 18.9 Å². The Labute approximate surface area is 83.2 Å². The van der Waals surface area contributed by atoms with Crippen LogP contribution in [0.2, 0.25) is 0 Å². The fourth-order valence-electron chi connectivity index (χ4n) is 0.388. The fourth-order valence-corrected chi connectivity index (χ4v) is 0.388. The van der Waals surface area contributed by atoms with Crippen molar-refractivity contribution in [2.75, 3.05) is 0 Å². The Kier molecular flexibility index (Phi) is 7.62. The highest BCUT2D eigenvalue weighted by molar-refractivity contribution is 7.37. The van der Waals surface area contributed by atoms with Crippen molar-refractivity contribution >= 4 is 13.5 Å². The molecular weight excluding hydrogens is 192 g/mol. The second-order valence-corrected chi connectivity index (χ2v) is 1.52. The average molecular weight is 198 g/mol. The summed E-state index contributed by atoms with van der Waals surface area (Å²) in [6.07, 6.45) is 13.0. The van der Waals surface area contributed by atoms with Gasteiger partial charge in [0.1, 0.15) is 0 Å². The second-order valence-electron chi connectivity index (χ2n) is 1.52. The standard InChI is InChI=1S/2C4H3O2.S/c2*1-2-6-4-3-5-1;/h2*1-3H;/q2*-1;+2. The molecule has 4 nitrogen and oxygen atoms in total. The van der Waals surface area contributed by atoms with E-state index >= 15 is 0 Å². The Hall–Kier alpha value is -1.49. The van der Waals surface area contributed by atoms with Gasteiger partial charge in [-0.25, -0.2) is 0 Å². The van der Waals surface area contributed by atoms with E-state index in [0.29, 0.717) is 0 Å². The maximum atomic E-state index is 4.53. The van der Waals surface area contributed by atoms with E-state index in [1.807, 2.05) is 0 Å². The van der Waals surface area contributed by atoms with Gasteiger partial charge in [0.2, 0.25) is 0 Å². The molecule has 2 aliphatic heterocycles. The van der Waals surface area contributed by atoms with Crippen LogP contribution in [-0.2, 0) is 32.4 Å². The van der Waals surface area contributed by atoms with E-state index in [1.54, 1.807) is 0 Å². The molecule has 13 heavy (non-hydrogen) atoms. The van der Waals surface area contributed by atoms with Crippen LogP contribution in [0.5, 0.6) is 0 Å². The first-order valence-corrected chi connectivity index (χ1v) is 3.07. The predicted molar refractivity (Wildman–Crippen MR) is 45.6 cm³/mol. The fraction of sp³-hybridized carbons (Fsp3) is 0. The van der Waals surface area contributed by atoms with E-state index in [-0.39, 0.29) is 13.5 Å². The molecule has 68 valence electrons. The maximum Gasteiger partial charge on any atom is 2.00 e. The second kappa shape index (κ2) is 8.61. The predicted octanol–water partition coefficient (Wildman–Crippen LogP) is 1.56. The van der Waals surface area contributed by atoms with Crippen LogP contribution in [0.25, 0.3) is 0 Å². The largest absolute Gasteiger partial charge is 2.00 e. The summed E-state index contributed by atoms with van der Waals surface area (Å²) in [7, 11) is 0. The monoisotopic (exact) mass is 198 g/mol. The van der Waals surface area contributed by atoms with Gasteiger partial charge in [0.25, 0.3) is 0 Å². The molecule has 0 saturated heterocycles. The molecule has 0 fully saturated rings. The minimum absolute atomic E-state index is 0. The van der Waals surface area contributed by atoms with Crippen molar-refractivity contribution in [2.45, 2.75) is 0 Å². The molecule has 2 heterocycles. The molecule has 0 aromatic carbocycles. The molecule has 5 heteroatoms. The normalized spacial score (nSPS) is 14.8. The molecule has 0 bridgehead atoms. The summed E-state index contributed by atoms with van der Waals surface area (Å²) in [5.74, 6) is 0. The zero-order chi connectivity index (χ0) is 8.49. The maximum absolute atomic E-state index is 4.53. The molecule has 0 aromatic heterocycles. The van der Waals surface area contributed by atoms with Crippen molar-refractivity contribution in [3.8, 4) is 0 Å². The number of hydrogen-bond acceptors (Lipinski definition) is 4. The summed E-state index contributed by atoms with van der Waals surface area (Å²) in [4.78, 5) is 0. The molecule has 0 aliphatic carbocycles. The van der Waals surface area contributed by atoms with Crippen LogP contribution in [0, 0.1) is 12.5 Å². The molecule has 0 amide bonds. The Morgan fingerprint density at radius 3 is 1.23 bits per heavy atom. The third-order valence-corrected chi connectivity index (χ3v) is 0.773. The van der Waals surface area contributed by atoms with Crippen molar-refractivity contribution < 1.29 is 18.9 Å². The molecule has 2 rings (SSSR count). The molecule has 0 spiro atoms. The van der Waals surface area contributed by atoms with Crippen molar-refractivity contribution in [1.29, 1.82) is 0 Å². The molecule has 4 radical (unpaired) electrons. The highest BCUT2D eigenvalue weighted by Gasteiger charge is 2.00. The molecule has 0 unspecified atom stereocenters. The van der Waals surface area contributed by atoms with Gasteiger partial charge in [-0.3, -0.25) is 0 Å². The topological polar surface area (TPSA) is 36.9 Å². The van der Waals surface area contributed by atoms with Crippen molar-refractivity contribution in [3.63, 3.8) is 0 Å². The van der Waals surface area contributed by atoms with E-state index in [9.17, 15) is 0 Å². The van der Waals surface area contributed by atoms with Crippen LogP contribution in [0.1, 0.15) is 0 Å². The summed E-state index contributed by atoms with van der Waals surface area (Å²) < 4.78 is 18.0.